The number of amides is 1. The van der Waals surface area contributed by atoms with E-state index in [2.05, 4.69) is 5.32 Å². The van der Waals surface area contributed by atoms with Gasteiger partial charge in [0, 0.05) is 15.6 Å². The number of nitrogens with one attached hydrogen (secondary N) is 1. The van der Waals surface area contributed by atoms with Crippen molar-refractivity contribution in [2.24, 2.45) is 0 Å². The van der Waals surface area contributed by atoms with Gasteiger partial charge in [-0.1, -0.05) is 29.3 Å². The molecule has 2 aromatic rings. The molecule has 0 radical (unpaired) electrons. The second kappa shape index (κ2) is 6.37. The van der Waals surface area contributed by atoms with Gasteiger partial charge in [-0.15, -0.1) is 0 Å². The molecule has 0 heterocycles. The van der Waals surface area contributed by atoms with Crippen LogP contribution in [0.3, 0.4) is 0 Å². The van der Waals surface area contributed by atoms with E-state index in [1.807, 2.05) is 6.92 Å². The number of rotatable bonds is 3. The van der Waals surface area contributed by atoms with E-state index in [0.717, 1.165) is 5.56 Å². The van der Waals surface area contributed by atoms with E-state index in [0.29, 0.717) is 21.2 Å². The highest BCUT2D eigenvalue weighted by Gasteiger charge is 2.14. The summed E-state index contributed by atoms with van der Waals surface area (Å²) < 4.78 is 0. The SMILES string of the molecule is Cc1cc(C(=O)NC(C)c2ccc(Cl)cc2Cl)ccc1O. The molecule has 5 heteroatoms. The number of phenolic OH excluding ortho intramolecular Hbond substituents is 1. The molecule has 0 aliphatic rings. The maximum atomic E-state index is 12.2. The molecule has 110 valence electrons. The Balaban J connectivity index is 2.16. The first-order valence-electron chi connectivity index (χ1n) is 6.44. The zero-order valence-corrected chi connectivity index (χ0v) is 13.2. The van der Waals surface area contributed by atoms with Gasteiger partial charge in [-0.25, -0.2) is 0 Å². The lowest BCUT2D eigenvalue weighted by molar-refractivity contribution is 0.0940. The zero-order valence-electron chi connectivity index (χ0n) is 11.7. The summed E-state index contributed by atoms with van der Waals surface area (Å²) >= 11 is 12.0. The Morgan fingerprint density at radius 3 is 2.52 bits per heavy atom. The van der Waals surface area contributed by atoms with Crippen molar-refractivity contribution in [3.8, 4) is 5.75 Å². The number of halogens is 2. The molecule has 0 aromatic heterocycles. The van der Waals surface area contributed by atoms with Gasteiger partial charge in [0.05, 0.1) is 6.04 Å². The number of hydrogen-bond donors (Lipinski definition) is 2. The van der Waals surface area contributed by atoms with E-state index in [4.69, 9.17) is 23.2 Å². The second-order valence-corrected chi connectivity index (χ2v) is 5.71. The lowest BCUT2D eigenvalue weighted by Crippen LogP contribution is -2.26. The van der Waals surface area contributed by atoms with Crippen molar-refractivity contribution in [1.29, 1.82) is 0 Å². The van der Waals surface area contributed by atoms with Crippen molar-refractivity contribution in [2.45, 2.75) is 19.9 Å². The standard InChI is InChI=1S/C16H15Cl2NO2/c1-9-7-11(3-6-15(9)20)16(21)19-10(2)13-5-4-12(17)8-14(13)18/h3-8,10,20H,1-2H3,(H,19,21). The van der Waals surface area contributed by atoms with Crippen molar-refractivity contribution < 1.29 is 9.90 Å². The molecule has 21 heavy (non-hydrogen) atoms. The van der Waals surface area contributed by atoms with Crippen molar-refractivity contribution in [1.82, 2.24) is 5.32 Å². The molecule has 1 unspecified atom stereocenters. The average molecular weight is 324 g/mol. The Hall–Kier alpha value is -1.71. The van der Waals surface area contributed by atoms with E-state index >= 15 is 0 Å². The third kappa shape index (κ3) is 3.69. The molecule has 2 aromatic carbocycles. The second-order valence-electron chi connectivity index (χ2n) is 4.86. The first-order chi connectivity index (χ1) is 9.88. The van der Waals surface area contributed by atoms with Crippen molar-refractivity contribution in [3.63, 3.8) is 0 Å². The molecule has 2 rings (SSSR count). The fourth-order valence-corrected chi connectivity index (χ4v) is 2.58. The number of carbonyl (C=O) groups is 1. The number of hydrogen-bond acceptors (Lipinski definition) is 2. The van der Waals surface area contributed by atoms with Gasteiger partial charge in [0.1, 0.15) is 5.75 Å². The molecule has 0 fully saturated rings. The van der Waals surface area contributed by atoms with Crippen LogP contribution in [-0.4, -0.2) is 11.0 Å². The molecule has 0 saturated heterocycles. The van der Waals surface area contributed by atoms with Crippen LogP contribution in [0.2, 0.25) is 10.0 Å². The Labute approximate surface area is 133 Å². The largest absolute Gasteiger partial charge is 0.508 e. The third-order valence-electron chi connectivity index (χ3n) is 3.24. The number of benzene rings is 2. The molecule has 0 bridgehead atoms. The molecular formula is C16H15Cl2NO2. The summed E-state index contributed by atoms with van der Waals surface area (Å²) in [6.07, 6.45) is 0. The third-order valence-corrected chi connectivity index (χ3v) is 3.80. The minimum absolute atomic E-state index is 0.167. The van der Waals surface area contributed by atoms with Crippen LogP contribution in [0, 0.1) is 6.92 Å². The minimum atomic E-state index is -0.253. The summed E-state index contributed by atoms with van der Waals surface area (Å²) in [5.41, 5.74) is 1.94. The highest BCUT2D eigenvalue weighted by atomic mass is 35.5. The summed E-state index contributed by atoms with van der Waals surface area (Å²) in [4.78, 5) is 12.2. The van der Waals surface area contributed by atoms with Crippen LogP contribution in [-0.2, 0) is 0 Å². The van der Waals surface area contributed by atoms with Gasteiger partial charge in [-0.05, 0) is 55.3 Å². The lowest BCUT2D eigenvalue weighted by atomic mass is 10.1. The van der Waals surface area contributed by atoms with Crippen LogP contribution in [0.1, 0.15) is 34.5 Å². The van der Waals surface area contributed by atoms with E-state index in [-0.39, 0.29) is 17.7 Å². The van der Waals surface area contributed by atoms with E-state index in [1.165, 1.54) is 6.07 Å². The summed E-state index contributed by atoms with van der Waals surface area (Å²) in [6, 6.07) is 9.63. The van der Waals surface area contributed by atoms with Crippen LogP contribution < -0.4 is 5.32 Å². The molecule has 0 saturated carbocycles. The van der Waals surface area contributed by atoms with Crippen LogP contribution >= 0.6 is 23.2 Å². The number of aromatic hydroxyl groups is 1. The first kappa shape index (κ1) is 15.7. The van der Waals surface area contributed by atoms with Gasteiger partial charge >= 0.3 is 0 Å². The molecule has 0 spiro atoms. The number of phenols is 1. The average Bonchev–Trinajstić information content (AvgIpc) is 2.41. The van der Waals surface area contributed by atoms with E-state index < -0.39 is 0 Å². The van der Waals surface area contributed by atoms with Crippen LogP contribution in [0.25, 0.3) is 0 Å². The number of aryl methyl sites for hydroxylation is 1. The van der Waals surface area contributed by atoms with Crippen molar-refractivity contribution >= 4 is 29.1 Å². The molecule has 3 nitrogen and oxygen atoms in total. The Morgan fingerprint density at radius 2 is 1.90 bits per heavy atom. The number of carbonyl (C=O) groups excluding carboxylic acids is 1. The van der Waals surface area contributed by atoms with Crippen molar-refractivity contribution in [3.05, 3.63) is 63.1 Å². The smallest absolute Gasteiger partial charge is 0.251 e. The van der Waals surface area contributed by atoms with E-state index in [9.17, 15) is 9.90 Å². The maximum Gasteiger partial charge on any atom is 0.251 e. The van der Waals surface area contributed by atoms with E-state index in [1.54, 1.807) is 37.3 Å². The van der Waals surface area contributed by atoms with Gasteiger partial charge in [0.25, 0.3) is 5.91 Å². The fraction of sp³-hybridized carbons (Fsp3) is 0.188. The molecule has 2 N–H and O–H groups in total. The molecule has 1 amide bonds. The lowest BCUT2D eigenvalue weighted by Gasteiger charge is -2.16. The summed E-state index contributed by atoms with van der Waals surface area (Å²) in [5, 5.41) is 13.4. The first-order valence-corrected chi connectivity index (χ1v) is 7.19. The molecular weight excluding hydrogens is 309 g/mol. The fourth-order valence-electron chi connectivity index (χ4n) is 2.01. The van der Waals surface area contributed by atoms with Crippen LogP contribution in [0.4, 0.5) is 0 Å². The minimum Gasteiger partial charge on any atom is -0.508 e. The van der Waals surface area contributed by atoms with Gasteiger partial charge in [-0.2, -0.15) is 0 Å². The zero-order chi connectivity index (χ0) is 15.6. The van der Waals surface area contributed by atoms with Gasteiger partial charge in [0.15, 0.2) is 0 Å². The Bertz CT molecular complexity index is 686. The monoisotopic (exact) mass is 323 g/mol. The Kier molecular flexibility index (Phi) is 4.76. The maximum absolute atomic E-state index is 12.2. The van der Waals surface area contributed by atoms with Gasteiger partial charge < -0.3 is 10.4 Å². The van der Waals surface area contributed by atoms with Gasteiger partial charge in [-0.3, -0.25) is 4.79 Å². The molecule has 1 atom stereocenters. The van der Waals surface area contributed by atoms with Crippen molar-refractivity contribution in [2.75, 3.05) is 0 Å². The highest BCUT2D eigenvalue weighted by molar-refractivity contribution is 6.35. The highest BCUT2D eigenvalue weighted by Crippen LogP contribution is 2.26. The van der Waals surface area contributed by atoms with Crippen LogP contribution in [0.15, 0.2) is 36.4 Å². The molecule has 0 aliphatic heterocycles. The predicted molar refractivity (Wildman–Crippen MR) is 85.2 cm³/mol. The van der Waals surface area contributed by atoms with Gasteiger partial charge in [0.2, 0.25) is 0 Å². The summed E-state index contributed by atoms with van der Waals surface area (Å²) in [6.45, 7) is 3.59. The molecule has 0 aliphatic carbocycles. The van der Waals surface area contributed by atoms with Crippen LogP contribution in [0.5, 0.6) is 5.75 Å². The quantitative estimate of drug-likeness (QED) is 0.873. The topological polar surface area (TPSA) is 49.3 Å². The summed E-state index contributed by atoms with van der Waals surface area (Å²) in [5.74, 6) is -0.0584. The normalized spacial score (nSPS) is 12.0. The summed E-state index contributed by atoms with van der Waals surface area (Å²) in [7, 11) is 0. The predicted octanol–water partition coefficient (Wildman–Crippen LogP) is 4.50. The Morgan fingerprint density at radius 1 is 1.19 bits per heavy atom.